The van der Waals surface area contributed by atoms with Crippen LogP contribution < -0.4 is 16.4 Å². The van der Waals surface area contributed by atoms with E-state index in [4.69, 9.17) is 5.73 Å². The molecule has 5 N–H and O–H groups in total. The Morgan fingerprint density at radius 3 is 2.31 bits per heavy atom. The van der Waals surface area contributed by atoms with Crippen molar-refractivity contribution in [2.24, 2.45) is 5.73 Å². The van der Waals surface area contributed by atoms with Gasteiger partial charge in [0.15, 0.2) is 0 Å². The van der Waals surface area contributed by atoms with Crippen LogP contribution in [0.1, 0.15) is 17.5 Å². The number of hydrogen-bond acceptors (Lipinski definition) is 6. The fourth-order valence-corrected chi connectivity index (χ4v) is 3.86. The van der Waals surface area contributed by atoms with E-state index in [1.807, 2.05) is 30.3 Å². The number of aromatic hydroxyl groups is 1. The molecule has 3 amide bonds. The minimum absolute atomic E-state index is 0.108. The number of carbonyl (C=O) groups is 3. The average Bonchev–Trinajstić information content (AvgIpc) is 2.84. The van der Waals surface area contributed by atoms with Gasteiger partial charge in [-0.2, -0.15) is 0 Å². The van der Waals surface area contributed by atoms with E-state index in [1.165, 1.54) is 23.3 Å². The summed E-state index contributed by atoms with van der Waals surface area (Å²) in [6.07, 6.45) is 2.56. The topological polar surface area (TPSA) is 142 Å². The SMILES string of the molecule is CN(CCc1ccccc1)C(=O)CNC(=O)C(CCS(C)=O)NC(=O)C(N)Cc1ccc(O)cc1. The van der Waals surface area contributed by atoms with Crippen molar-refractivity contribution in [1.29, 1.82) is 0 Å². The van der Waals surface area contributed by atoms with Crippen LogP contribution in [0.4, 0.5) is 0 Å². The molecule has 0 aliphatic carbocycles. The van der Waals surface area contributed by atoms with Gasteiger partial charge in [0.05, 0.1) is 12.6 Å². The van der Waals surface area contributed by atoms with Crippen LogP contribution in [0.2, 0.25) is 0 Å². The van der Waals surface area contributed by atoms with Gasteiger partial charge in [0.1, 0.15) is 11.8 Å². The average molecular weight is 503 g/mol. The highest BCUT2D eigenvalue weighted by atomic mass is 32.2. The van der Waals surface area contributed by atoms with E-state index in [1.54, 1.807) is 19.2 Å². The van der Waals surface area contributed by atoms with Gasteiger partial charge in [-0.25, -0.2) is 0 Å². The zero-order valence-corrected chi connectivity index (χ0v) is 20.9. The molecule has 0 bridgehead atoms. The summed E-state index contributed by atoms with van der Waals surface area (Å²) in [6.45, 7) is 0.283. The van der Waals surface area contributed by atoms with E-state index in [-0.39, 0.29) is 36.8 Å². The fourth-order valence-electron chi connectivity index (χ4n) is 3.30. The Morgan fingerprint density at radius 2 is 1.69 bits per heavy atom. The molecule has 0 heterocycles. The molecule has 10 heteroatoms. The van der Waals surface area contributed by atoms with Gasteiger partial charge >= 0.3 is 0 Å². The third kappa shape index (κ3) is 10.3. The second kappa shape index (κ2) is 14.2. The number of phenols is 1. The summed E-state index contributed by atoms with van der Waals surface area (Å²) >= 11 is 0. The molecule has 2 rings (SSSR count). The summed E-state index contributed by atoms with van der Waals surface area (Å²) in [6, 6.07) is 14.2. The van der Waals surface area contributed by atoms with Crippen LogP contribution >= 0.6 is 0 Å². The number of carbonyl (C=O) groups excluding carboxylic acids is 3. The second-order valence-corrected chi connectivity index (χ2v) is 9.93. The fraction of sp³-hybridized carbons (Fsp3) is 0.400. The van der Waals surface area contributed by atoms with Gasteiger partial charge in [-0.3, -0.25) is 18.6 Å². The molecule has 2 aromatic rings. The first-order valence-corrected chi connectivity index (χ1v) is 13.1. The Hall–Kier alpha value is -3.24. The highest BCUT2D eigenvalue weighted by molar-refractivity contribution is 7.84. The van der Waals surface area contributed by atoms with Crippen molar-refractivity contribution >= 4 is 28.5 Å². The molecule has 9 nitrogen and oxygen atoms in total. The van der Waals surface area contributed by atoms with E-state index in [2.05, 4.69) is 10.6 Å². The molecule has 35 heavy (non-hydrogen) atoms. The van der Waals surface area contributed by atoms with E-state index in [0.29, 0.717) is 13.0 Å². The van der Waals surface area contributed by atoms with Gasteiger partial charge in [0.25, 0.3) is 0 Å². The molecule has 0 fully saturated rings. The van der Waals surface area contributed by atoms with E-state index in [0.717, 1.165) is 11.1 Å². The van der Waals surface area contributed by atoms with Crippen LogP contribution in [-0.2, 0) is 38.0 Å². The Morgan fingerprint density at radius 1 is 1.03 bits per heavy atom. The highest BCUT2D eigenvalue weighted by Crippen LogP contribution is 2.11. The minimum Gasteiger partial charge on any atom is -0.508 e. The molecule has 0 radical (unpaired) electrons. The molecule has 0 spiro atoms. The third-order valence-corrected chi connectivity index (χ3v) is 6.28. The molecular weight excluding hydrogens is 468 g/mol. The smallest absolute Gasteiger partial charge is 0.243 e. The highest BCUT2D eigenvalue weighted by Gasteiger charge is 2.25. The van der Waals surface area contributed by atoms with Gasteiger partial charge in [-0.15, -0.1) is 0 Å². The predicted octanol–water partition coefficient (Wildman–Crippen LogP) is 0.333. The second-order valence-electron chi connectivity index (χ2n) is 8.37. The van der Waals surface area contributed by atoms with E-state index < -0.39 is 34.7 Å². The van der Waals surface area contributed by atoms with Crippen LogP contribution in [0.25, 0.3) is 0 Å². The molecule has 0 saturated carbocycles. The number of amides is 3. The van der Waals surface area contributed by atoms with Crippen LogP contribution in [0.5, 0.6) is 5.75 Å². The Labute approximate surface area is 208 Å². The lowest BCUT2D eigenvalue weighted by Crippen LogP contribution is -2.53. The first-order chi connectivity index (χ1) is 16.7. The van der Waals surface area contributed by atoms with Gasteiger partial charge in [0, 0.05) is 36.4 Å². The van der Waals surface area contributed by atoms with Gasteiger partial charge < -0.3 is 26.4 Å². The van der Waals surface area contributed by atoms with Crippen molar-refractivity contribution in [2.45, 2.75) is 31.3 Å². The van der Waals surface area contributed by atoms with E-state index >= 15 is 0 Å². The lowest BCUT2D eigenvalue weighted by atomic mass is 10.1. The predicted molar refractivity (Wildman–Crippen MR) is 136 cm³/mol. The Bertz CT molecular complexity index is 1000. The summed E-state index contributed by atoms with van der Waals surface area (Å²) in [4.78, 5) is 39.4. The van der Waals surface area contributed by atoms with Crippen LogP contribution in [0.15, 0.2) is 54.6 Å². The molecule has 0 aromatic heterocycles. The lowest BCUT2D eigenvalue weighted by Gasteiger charge is -2.22. The maximum absolute atomic E-state index is 12.8. The zero-order chi connectivity index (χ0) is 25.8. The van der Waals surface area contributed by atoms with Crippen molar-refractivity contribution in [3.8, 4) is 5.75 Å². The summed E-state index contributed by atoms with van der Waals surface area (Å²) in [5.41, 5.74) is 7.87. The zero-order valence-electron chi connectivity index (χ0n) is 20.1. The lowest BCUT2D eigenvalue weighted by molar-refractivity contribution is -0.133. The number of nitrogens with two attached hydrogens (primary N) is 1. The molecule has 0 aliphatic heterocycles. The molecule has 190 valence electrons. The molecular formula is C25H34N4O5S. The normalized spacial score (nSPS) is 13.3. The summed E-state index contributed by atoms with van der Waals surface area (Å²) in [7, 11) is 0.502. The number of nitrogens with zero attached hydrogens (tertiary/aromatic N) is 1. The molecule has 2 aromatic carbocycles. The minimum atomic E-state index is -1.16. The summed E-state index contributed by atoms with van der Waals surface area (Å²) in [5.74, 6) is -1.02. The monoisotopic (exact) mass is 502 g/mol. The summed E-state index contributed by atoms with van der Waals surface area (Å²) in [5, 5.41) is 14.6. The Kier molecular flexibility index (Phi) is 11.4. The Balaban J connectivity index is 1.88. The van der Waals surface area contributed by atoms with Gasteiger partial charge in [-0.1, -0.05) is 42.5 Å². The van der Waals surface area contributed by atoms with Crippen molar-refractivity contribution in [2.75, 3.05) is 32.1 Å². The van der Waals surface area contributed by atoms with Gasteiger partial charge in [0.2, 0.25) is 17.7 Å². The number of nitrogens with one attached hydrogen (secondary N) is 2. The van der Waals surface area contributed by atoms with Crippen LogP contribution in [0, 0.1) is 0 Å². The molecule has 3 unspecified atom stereocenters. The molecule has 0 saturated heterocycles. The molecule has 3 atom stereocenters. The largest absolute Gasteiger partial charge is 0.508 e. The summed E-state index contributed by atoms with van der Waals surface area (Å²) < 4.78 is 11.6. The van der Waals surface area contributed by atoms with Crippen LogP contribution in [-0.4, -0.2) is 76.2 Å². The van der Waals surface area contributed by atoms with Crippen molar-refractivity contribution < 1.29 is 23.7 Å². The van der Waals surface area contributed by atoms with Crippen molar-refractivity contribution in [3.63, 3.8) is 0 Å². The maximum Gasteiger partial charge on any atom is 0.243 e. The standard InChI is InChI=1S/C25H34N4O5S/c1-29(14-12-18-6-4-3-5-7-18)23(31)17-27-25(33)22(13-15-35(2)34)28-24(32)21(26)16-19-8-10-20(30)11-9-19/h3-11,21-22,30H,12-17,26H2,1-2H3,(H,27,33)(H,28,32). The van der Waals surface area contributed by atoms with Crippen molar-refractivity contribution in [3.05, 3.63) is 65.7 Å². The number of benzene rings is 2. The number of rotatable bonds is 13. The number of likely N-dealkylation sites (N-methyl/N-ethyl adjacent to an activating group) is 1. The maximum atomic E-state index is 12.8. The quantitative estimate of drug-likeness (QED) is 0.311. The first kappa shape index (κ1) is 28.0. The number of phenolic OH excluding ortho intramolecular Hbond substituents is 1. The third-order valence-electron chi connectivity index (χ3n) is 5.47. The van der Waals surface area contributed by atoms with Crippen molar-refractivity contribution in [1.82, 2.24) is 15.5 Å². The first-order valence-electron chi connectivity index (χ1n) is 11.3. The van der Waals surface area contributed by atoms with Gasteiger partial charge in [-0.05, 0) is 42.5 Å². The van der Waals surface area contributed by atoms with E-state index in [9.17, 15) is 23.7 Å². The molecule has 0 aliphatic rings. The number of hydrogen-bond donors (Lipinski definition) is 4. The van der Waals surface area contributed by atoms with Crippen LogP contribution in [0.3, 0.4) is 0 Å².